The summed E-state index contributed by atoms with van der Waals surface area (Å²) in [5, 5.41) is 5.04. The molecule has 1 atom stereocenters. The van der Waals surface area contributed by atoms with Crippen molar-refractivity contribution in [1.29, 1.82) is 0 Å². The Morgan fingerprint density at radius 3 is 2.76 bits per heavy atom. The Morgan fingerprint density at radius 1 is 1.17 bits per heavy atom. The van der Waals surface area contributed by atoms with Crippen LogP contribution in [0.25, 0.3) is 32.9 Å². The van der Waals surface area contributed by atoms with Crippen LogP contribution >= 0.6 is 0 Å². The average Bonchev–Trinajstić information content (AvgIpc) is 3.74. The van der Waals surface area contributed by atoms with Crippen molar-refractivity contribution in [1.82, 2.24) is 25.2 Å². The van der Waals surface area contributed by atoms with Gasteiger partial charge in [0.2, 0.25) is 0 Å². The smallest absolute Gasteiger partial charge is 0.319 e. The summed E-state index contributed by atoms with van der Waals surface area (Å²) in [5.41, 5.74) is 0.673. The largest absolute Gasteiger partial charge is 0.461 e. The predicted octanol–water partition coefficient (Wildman–Crippen LogP) is 4.91. The van der Waals surface area contributed by atoms with Crippen molar-refractivity contribution in [3.05, 3.63) is 53.7 Å². The number of benzene rings is 2. The molecule has 0 bridgehead atoms. The summed E-state index contributed by atoms with van der Waals surface area (Å²) in [4.78, 5) is 18.6. The topological polar surface area (TPSA) is 66.4 Å². The Bertz CT molecular complexity index is 1690. The molecule has 7 rings (SSSR count). The molecule has 0 unspecified atom stereocenters. The lowest BCUT2D eigenvalue weighted by atomic mass is 9.95. The lowest BCUT2D eigenvalue weighted by Gasteiger charge is -2.31. The highest BCUT2D eigenvalue weighted by Gasteiger charge is 2.45. The normalized spacial score (nSPS) is 20.0. The highest BCUT2D eigenvalue weighted by Crippen LogP contribution is 2.40. The number of aromatic nitrogens is 3. The Balaban J connectivity index is 1.37. The van der Waals surface area contributed by atoms with E-state index < -0.39 is 11.6 Å². The lowest BCUT2D eigenvalue weighted by molar-refractivity contribution is 0.108. The van der Waals surface area contributed by atoms with E-state index in [1.165, 1.54) is 6.07 Å². The van der Waals surface area contributed by atoms with Gasteiger partial charge in [-0.1, -0.05) is 30.2 Å². The van der Waals surface area contributed by atoms with Crippen molar-refractivity contribution in [3.8, 4) is 29.6 Å². The first-order valence-electron chi connectivity index (χ1n) is 14.3. The number of hydrogen-bond acceptors (Lipinski definition) is 7. The monoisotopic (exact) mass is 554 g/mol. The Morgan fingerprint density at radius 2 is 2.00 bits per heavy atom. The van der Waals surface area contributed by atoms with E-state index in [-0.39, 0.29) is 34.4 Å². The first kappa shape index (κ1) is 26.1. The Hall–Kier alpha value is -3.87. The van der Waals surface area contributed by atoms with Gasteiger partial charge in [-0.3, -0.25) is 9.88 Å². The number of halogens is 2. The zero-order chi connectivity index (χ0) is 28.1. The van der Waals surface area contributed by atoms with Gasteiger partial charge in [0.25, 0.3) is 0 Å². The van der Waals surface area contributed by atoms with Crippen LogP contribution in [0.5, 0.6) is 6.01 Å². The average molecular weight is 555 g/mol. The van der Waals surface area contributed by atoms with Crippen LogP contribution in [0.4, 0.5) is 14.6 Å². The zero-order valence-electron chi connectivity index (χ0n) is 23.1. The van der Waals surface area contributed by atoms with Gasteiger partial charge in [-0.15, -0.1) is 6.42 Å². The van der Waals surface area contributed by atoms with E-state index in [1.54, 1.807) is 24.4 Å². The van der Waals surface area contributed by atoms with Crippen LogP contribution in [0.2, 0.25) is 0 Å². The fraction of sp³-hybridized carbons (Fsp3) is 0.406. The summed E-state index contributed by atoms with van der Waals surface area (Å²) in [7, 11) is 1.97. The molecule has 41 heavy (non-hydrogen) atoms. The first-order valence-corrected chi connectivity index (χ1v) is 14.3. The van der Waals surface area contributed by atoms with Crippen molar-refractivity contribution >= 4 is 27.5 Å². The third-order valence-corrected chi connectivity index (χ3v) is 9.23. The van der Waals surface area contributed by atoms with E-state index in [2.05, 4.69) is 31.0 Å². The van der Waals surface area contributed by atoms with E-state index in [0.717, 1.165) is 58.3 Å². The zero-order valence-corrected chi connectivity index (χ0v) is 23.1. The second-order valence-electron chi connectivity index (χ2n) is 11.4. The molecule has 0 spiro atoms. The van der Waals surface area contributed by atoms with Crippen molar-refractivity contribution in [2.45, 2.75) is 43.7 Å². The molecule has 3 aliphatic rings. The molecule has 3 aliphatic heterocycles. The van der Waals surface area contributed by atoms with Gasteiger partial charge < -0.3 is 15.0 Å². The third-order valence-electron chi connectivity index (χ3n) is 9.23. The van der Waals surface area contributed by atoms with Crippen molar-refractivity contribution < 1.29 is 13.5 Å². The van der Waals surface area contributed by atoms with Crippen molar-refractivity contribution in [2.24, 2.45) is 0 Å². The predicted molar refractivity (Wildman–Crippen MR) is 156 cm³/mol. The van der Waals surface area contributed by atoms with Gasteiger partial charge in [0.15, 0.2) is 5.82 Å². The van der Waals surface area contributed by atoms with Crippen LogP contribution in [0, 0.1) is 24.0 Å². The van der Waals surface area contributed by atoms with E-state index in [9.17, 15) is 4.39 Å². The maximum absolute atomic E-state index is 16.6. The second-order valence-corrected chi connectivity index (χ2v) is 11.4. The highest BCUT2D eigenvalue weighted by atomic mass is 19.1. The molecule has 0 amide bonds. The van der Waals surface area contributed by atoms with E-state index in [4.69, 9.17) is 16.1 Å². The van der Waals surface area contributed by atoms with Crippen LogP contribution in [0.1, 0.15) is 37.7 Å². The summed E-state index contributed by atoms with van der Waals surface area (Å²) in [6.07, 6.45) is 12.7. The number of hydrogen-bond donors (Lipinski definition) is 1. The number of nitrogens with one attached hydrogen (secondary N) is 1. The van der Waals surface area contributed by atoms with Crippen LogP contribution < -0.4 is 15.0 Å². The molecule has 3 saturated heterocycles. The number of nitrogens with zero attached hydrogens (tertiary/aromatic N) is 5. The minimum absolute atomic E-state index is 0.000352. The summed E-state index contributed by atoms with van der Waals surface area (Å²) in [6, 6.07) is 8.64. The molecule has 5 heterocycles. The van der Waals surface area contributed by atoms with E-state index in [0.29, 0.717) is 34.1 Å². The molecule has 0 aliphatic carbocycles. The van der Waals surface area contributed by atoms with Crippen LogP contribution in [-0.2, 0) is 0 Å². The van der Waals surface area contributed by atoms with Crippen LogP contribution in [0.3, 0.4) is 0 Å². The second kappa shape index (κ2) is 10.2. The SMILES string of the molecule is C#Cc1c(F)ccc2cccc(-c3ncc4c(N(C)[C@@H]5CCNC5)nc(OCC56CCCN5CCC6)nc4c3F)c12. The molecule has 2 aromatic heterocycles. The minimum atomic E-state index is -0.616. The Labute approximate surface area is 237 Å². The fourth-order valence-corrected chi connectivity index (χ4v) is 7.04. The van der Waals surface area contributed by atoms with Crippen molar-refractivity contribution in [3.63, 3.8) is 0 Å². The van der Waals surface area contributed by atoms with Gasteiger partial charge >= 0.3 is 6.01 Å². The number of anilines is 1. The lowest BCUT2D eigenvalue weighted by Crippen LogP contribution is -2.43. The van der Waals surface area contributed by atoms with Gasteiger partial charge in [-0.05, 0) is 63.2 Å². The van der Waals surface area contributed by atoms with Crippen molar-refractivity contribution in [2.75, 3.05) is 44.7 Å². The number of pyridine rings is 1. The molecular formula is C32H32F2N6O. The van der Waals surface area contributed by atoms with E-state index >= 15 is 4.39 Å². The summed E-state index contributed by atoms with van der Waals surface area (Å²) >= 11 is 0. The molecular weight excluding hydrogens is 522 g/mol. The van der Waals surface area contributed by atoms with Crippen LogP contribution in [0.15, 0.2) is 36.5 Å². The fourth-order valence-electron chi connectivity index (χ4n) is 7.04. The molecule has 4 aromatic rings. The maximum atomic E-state index is 16.6. The molecule has 7 nitrogen and oxygen atoms in total. The third kappa shape index (κ3) is 4.28. The molecule has 0 saturated carbocycles. The van der Waals surface area contributed by atoms with E-state index in [1.807, 2.05) is 13.1 Å². The number of likely N-dealkylation sites (N-methyl/N-ethyl adjacent to an activating group) is 1. The van der Waals surface area contributed by atoms with Gasteiger partial charge in [0.05, 0.1) is 16.5 Å². The molecule has 1 N–H and O–H groups in total. The molecule has 0 radical (unpaired) electrons. The number of rotatable bonds is 6. The highest BCUT2D eigenvalue weighted by molar-refractivity contribution is 6.02. The molecule has 2 aromatic carbocycles. The summed E-state index contributed by atoms with van der Waals surface area (Å²) < 4.78 is 37.6. The van der Waals surface area contributed by atoms with Gasteiger partial charge in [-0.25, -0.2) is 8.78 Å². The molecule has 210 valence electrons. The number of terminal acetylenes is 1. The summed E-state index contributed by atoms with van der Waals surface area (Å²) in [6.45, 7) is 4.35. The van der Waals surface area contributed by atoms with Crippen LogP contribution in [-0.4, -0.2) is 71.3 Å². The minimum Gasteiger partial charge on any atom is -0.461 e. The quantitative estimate of drug-likeness (QED) is 0.340. The van der Waals surface area contributed by atoms with Gasteiger partial charge in [0, 0.05) is 36.8 Å². The number of fused-ring (bicyclic) bond motifs is 3. The summed E-state index contributed by atoms with van der Waals surface area (Å²) in [5.74, 6) is 1.87. The first-order chi connectivity index (χ1) is 20.0. The molecule has 3 fully saturated rings. The number of ether oxygens (including phenoxy) is 1. The standard InChI is InChI=1S/C32H32F2N6O/c1-3-22-25(33)10-9-20-7-4-8-23(26(20)22)28-27(34)29-24(18-36-28)30(39(2)21-11-14-35-17-21)38-31(37-29)41-19-32-12-5-15-40(32)16-6-13-32/h1,4,7-10,18,21,35H,5-6,11-17,19H2,2H3/t21-/m1/s1. The molecule has 9 heteroatoms. The Kier molecular flexibility index (Phi) is 6.48. The maximum Gasteiger partial charge on any atom is 0.319 e. The van der Waals surface area contributed by atoms with Gasteiger partial charge in [-0.2, -0.15) is 9.97 Å². The van der Waals surface area contributed by atoms with Gasteiger partial charge in [0.1, 0.15) is 29.5 Å².